The second kappa shape index (κ2) is 3.89. The largest absolute Gasteiger partial charge is 0.381 e. The van der Waals surface area contributed by atoms with Gasteiger partial charge in [-0.25, -0.2) is 0 Å². The molecule has 1 aromatic heterocycles. The van der Waals surface area contributed by atoms with Crippen LogP contribution in [0.15, 0.2) is 11.4 Å². The lowest BCUT2D eigenvalue weighted by atomic mass is 10.1. The molecule has 1 unspecified atom stereocenters. The molecule has 1 aromatic rings. The zero-order chi connectivity index (χ0) is 9.26. The molecule has 1 atom stereocenters. The number of nitrogens with one attached hydrogen (secondary N) is 1. The summed E-state index contributed by atoms with van der Waals surface area (Å²) in [6, 6.07) is 2.61. The number of thiophene rings is 1. The molecule has 0 aromatic carbocycles. The number of halogens is 1. The van der Waals surface area contributed by atoms with Gasteiger partial charge in [0.05, 0.1) is 5.69 Å². The van der Waals surface area contributed by atoms with E-state index in [1.807, 2.05) is 5.38 Å². The predicted molar refractivity (Wildman–Crippen MR) is 59.8 cm³/mol. The van der Waals surface area contributed by atoms with Crippen LogP contribution in [0.4, 0.5) is 5.69 Å². The molecular weight excluding hydrogens is 202 g/mol. The van der Waals surface area contributed by atoms with Gasteiger partial charge in [0.25, 0.3) is 0 Å². The molecule has 1 saturated carbocycles. The first-order chi connectivity index (χ1) is 6.25. The Hall–Kier alpha value is -0.210. The van der Waals surface area contributed by atoms with E-state index in [1.165, 1.54) is 19.3 Å². The van der Waals surface area contributed by atoms with Crippen molar-refractivity contribution in [3.8, 4) is 0 Å². The Kier molecular flexibility index (Phi) is 2.80. The van der Waals surface area contributed by atoms with Gasteiger partial charge in [-0.3, -0.25) is 0 Å². The Morgan fingerprint density at radius 1 is 1.69 bits per heavy atom. The molecule has 0 aliphatic heterocycles. The number of hydrogen-bond donors (Lipinski definition) is 1. The van der Waals surface area contributed by atoms with Crippen LogP contribution in [0.2, 0.25) is 4.34 Å². The van der Waals surface area contributed by atoms with Crippen LogP contribution in [0.3, 0.4) is 0 Å². The van der Waals surface area contributed by atoms with Crippen molar-refractivity contribution in [1.82, 2.24) is 0 Å². The van der Waals surface area contributed by atoms with Crippen molar-refractivity contribution < 1.29 is 0 Å². The first-order valence-electron chi connectivity index (χ1n) is 4.75. The van der Waals surface area contributed by atoms with E-state index in [1.54, 1.807) is 11.3 Å². The summed E-state index contributed by atoms with van der Waals surface area (Å²) in [5, 5.41) is 5.46. The van der Waals surface area contributed by atoms with Gasteiger partial charge in [-0.2, -0.15) is 0 Å². The van der Waals surface area contributed by atoms with Gasteiger partial charge in [-0.1, -0.05) is 24.4 Å². The van der Waals surface area contributed by atoms with Crippen molar-refractivity contribution in [2.45, 2.75) is 32.2 Å². The number of rotatable bonds is 4. The number of anilines is 1. The lowest BCUT2D eigenvalue weighted by Gasteiger charge is -2.13. The highest BCUT2D eigenvalue weighted by Crippen LogP contribution is 2.35. The third-order valence-electron chi connectivity index (χ3n) is 2.40. The van der Waals surface area contributed by atoms with Crippen molar-refractivity contribution in [2.24, 2.45) is 5.92 Å². The maximum Gasteiger partial charge on any atom is 0.116 e. The molecule has 13 heavy (non-hydrogen) atoms. The second-order valence-corrected chi connectivity index (χ2v) is 5.35. The van der Waals surface area contributed by atoms with E-state index < -0.39 is 0 Å². The Morgan fingerprint density at radius 2 is 2.46 bits per heavy atom. The van der Waals surface area contributed by atoms with Gasteiger partial charge in [-0.15, -0.1) is 11.3 Å². The molecule has 1 heterocycles. The molecule has 0 amide bonds. The Balaban J connectivity index is 1.85. The molecule has 1 N–H and O–H groups in total. The summed E-state index contributed by atoms with van der Waals surface area (Å²) in [4.78, 5) is 0. The minimum absolute atomic E-state index is 0.555. The molecule has 1 nitrogen and oxygen atoms in total. The van der Waals surface area contributed by atoms with E-state index in [0.717, 1.165) is 15.9 Å². The van der Waals surface area contributed by atoms with Gasteiger partial charge >= 0.3 is 0 Å². The fraction of sp³-hybridized carbons (Fsp3) is 0.600. The first kappa shape index (κ1) is 9.35. The van der Waals surface area contributed by atoms with Crippen molar-refractivity contribution in [3.05, 3.63) is 15.8 Å². The van der Waals surface area contributed by atoms with Gasteiger partial charge in [0.15, 0.2) is 0 Å². The smallest absolute Gasteiger partial charge is 0.116 e. The molecular formula is C10H14ClNS. The van der Waals surface area contributed by atoms with Gasteiger partial charge in [-0.05, 0) is 30.7 Å². The lowest BCUT2D eigenvalue weighted by Crippen LogP contribution is -2.15. The zero-order valence-electron chi connectivity index (χ0n) is 7.72. The van der Waals surface area contributed by atoms with Crippen LogP contribution >= 0.6 is 22.9 Å². The summed E-state index contributed by atoms with van der Waals surface area (Å²) < 4.78 is 0.877. The predicted octanol–water partition coefficient (Wildman–Crippen LogP) is 4.00. The van der Waals surface area contributed by atoms with Crippen molar-refractivity contribution in [2.75, 3.05) is 5.32 Å². The minimum atomic E-state index is 0.555. The zero-order valence-corrected chi connectivity index (χ0v) is 9.29. The van der Waals surface area contributed by atoms with Crippen LogP contribution in [-0.2, 0) is 0 Å². The Morgan fingerprint density at radius 3 is 3.00 bits per heavy atom. The van der Waals surface area contributed by atoms with Crippen LogP contribution in [-0.4, -0.2) is 6.04 Å². The van der Waals surface area contributed by atoms with Crippen LogP contribution in [0.25, 0.3) is 0 Å². The highest BCUT2D eigenvalue weighted by molar-refractivity contribution is 7.15. The highest BCUT2D eigenvalue weighted by atomic mass is 35.5. The molecule has 0 spiro atoms. The molecule has 2 rings (SSSR count). The van der Waals surface area contributed by atoms with Crippen LogP contribution in [0.1, 0.15) is 26.2 Å². The van der Waals surface area contributed by atoms with Crippen molar-refractivity contribution >= 4 is 28.6 Å². The quantitative estimate of drug-likeness (QED) is 0.801. The topological polar surface area (TPSA) is 12.0 Å². The fourth-order valence-electron chi connectivity index (χ4n) is 1.57. The summed E-state index contributed by atoms with van der Waals surface area (Å²) in [6.07, 6.45) is 4.12. The van der Waals surface area contributed by atoms with Crippen molar-refractivity contribution in [3.63, 3.8) is 0 Å². The van der Waals surface area contributed by atoms with Crippen LogP contribution in [0.5, 0.6) is 0 Å². The highest BCUT2D eigenvalue weighted by Gasteiger charge is 2.23. The first-order valence-corrected chi connectivity index (χ1v) is 6.01. The van der Waals surface area contributed by atoms with Crippen molar-refractivity contribution in [1.29, 1.82) is 0 Å². The minimum Gasteiger partial charge on any atom is -0.381 e. The summed E-state index contributed by atoms with van der Waals surface area (Å²) >= 11 is 7.58. The van der Waals surface area contributed by atoms with Gasteiger partial charge in [0.2, 0.25) is 0 Å². The summed E-state index contributed by atoms with van der Waals surface area (Å²) in [6.45, 7) is 2.23. The summed E-state index contributed by atoms with van der Waals surface area (Å²) in [7, 11) is 0. The van der Waals surface area contributed by atoms with E-state index in [0.29, 0.717) is 6.04 Å². The van der Waals surface area contributed by atoms with Gasteiger partial charge in [0, 0.05) is 6.04 Å². The van der Waals surface area contributed by atoms with Crippen LogP contribution in [0, 0.1) is 5.92 Å². The Bertz CT molecular complexity index is 280. The third kappa shape index (κ3) is 2.61. The summed E-state index contributed by atoms with van der Waals surface area (Å²) in [5.41, 5.74) is 1.10. The molecule has 1 aliphatic carbocycles. The van der Waals surface area contributed by atoms with Gasteiger partial charge in [0.1, 0.15) is 4.34 Å². The van der Waals surface area contributed by atoms with E-state index >= 15 is 0 Å². The van der Waals surface area contributed by atoms with E-state index in [9.17, 15) is 0 Å². The number of hydrogen-bond acceptors (Lipinski definition) is 2. The van der Waals surface area contributed by atoms with Crippen LogP contribution < -0.4 is 5.32 Å². The van der Waals surface area contributed by atoms with E-state index in [-0.39, 0.29) is 0 Å². The van der Waals surface area contributed by atoms with E-state index in [4.69, 9.17) is 11.6 Å². The fourth-order valence-corrected chi connectivity index (χ4v) is 2.42. The molecule has 72 valence electrons. The van der Waals surface area contributed by atoms with Gasteiger partial charge < -0.3 is 5.32 Å². The van der Waals surface area contributed by atoms with E-state index in [2.05, 4.69) is 18.3 Å². The SMILES string of the molecule is CC(CC1CC1)Nc1ccsc1Cl. The average molecular weight is 216 g/mol. The molecule has 0 saturated heterocycles. The maximum absolute atomic E-state index is 5.99. The molecule has 1 aliphatic rings. The molecule has 0 radical (unpaired) electrons. The Labute approximate surface area is 88.1 Å². The normalized spacial score (nSPS) is 18.6. The molecule has 3 heteroatoms. The lowest BCUT2D eigenvalue weighted by molar-refractivity contribution is 0.642. The standard InChI is InChI=1S/C10H14ClNS/c1-7(6-8-2-3-8)12-9-4-5-13-10(9)11/h4-5,7-8,12H,2-3,6H2,1H3. The maximum atomic E-state index is 5.99. The third-order valence-corrected chi connectivity index (χ3v) is 3.57. The molecule has 0 bridgehead atoms. The summed E-state index contributed by atoms with van der Waals surface area (Å²) in [5.74, 6) is 0.972. The second-order valence-electron chi connectivity index (χ2n) is 3.83. The average Bonchev–Trinajstić information content (AvgIpc) is 2.79. The monoisotopic (exact) mass is 215 g/mol. The molecule has 1 fully saturated rings.